The van der Waals surface area contributed by atoms with Crippen LogP contribution in [0.15, 0.2) is 28.7 Å². The minimum atomic E-state index is -0.728. The average Bonchev–Trinajstić information content (AvgIpc) is 2.38. The zero-order valence-corrected chi connectivity index (χ0v) is 13.4. The van der Waals surface area contributed by atoms with Crippen LogP contribution < -0.4 is 0 Å². The average molecular weight is 328 g/mol. The minimum absolute atomic E-state index is 0.327. The molecule has 0 saturated heterocycles. The number of carboxylic acid groups (broad SMARTS) is 1. The molecule has 0 fully saturated rings. The van der Waals surface area contributed by atoms with Gasteiger partial charge in [0.2, 0.25) is 0 Å². The summed E-state index contributed by atoms with van der Waals surface area (Å²) in [5.74, 6) is -1.05. The van der Waals surface area contributed by atoms with Gasteiger partial charge in [-0.3, -0.25) is 9.69 Å². The van der Waals surface area contributed by atoms with Gasteiger partial charge in [-0.15, -0.1) is 0 Å². The van der Waals surface area contributed by atoms with Crippen molar-refractivity contribution in [1.82, 2.24) is 4.90 Å². The first-order chi connectivity index (χ1) is 8.93. The van der Waals surface area contributed by atoms with Crippen molar-refractivity contribution in [2.75, 3.05) is 13.1 Å². The molecule has 0 spiro atoms. The third-order valence-electron chi connectivity index (χ3n) is 3.40. The second kappa shape index (κ2) is 7.65. The molecule has 0 aliphatic carbocycles. The third kappa shape index (κ3) is 5.33. The highest BCUT2D eigenvalue weighted by Gasteiger charge is 2.19. The maximum Gasteiger partial charge on any atom is 0.307 e. The van der Waals surface area contributed by atoms with Crippen molar-refractivity contribution >= 4 is 21.9 Å². The summed E-state index contributed by atoms with van der Waals surface area (Å²) in [4.78, 5) is 13.2. The molecule has 106 valence electrons. The largest absolute Gasteiger partial charge is 0.481 e. The van der Waals surface area contributed by atoms with Gasteiger partial charge in [-0.1, -0.05) is 41.9 Å². The fraction of sp³-hybridized carbons (Fsp3) is 0.533. The Labute approximate surface area is 123 Å². The van der Waals surface area contributed by atoms with Gasteiger partial charge in [0, 0.05) is 17.1 Å². The molecule has 0 heterocycles. The summed E-state index contributed by atoms with van der Waals surface area (Å²) >= 11 is 3.43. The Kier molecular flexibility index (Phi) is 6.52. The molecular formula is C15H22BrNO2. The molecule has 0 amide bonds. The highest BCUT2D eigenvalue weighted by atomic mass is 79.9. The monoisotopic (exact) mass is 327 g/mol. The number of aliphatic carboxylic acids is 1. The molecular weight excluding hydrogens is 306 g/mol. The van der Waals surface area contributed by atoms with Crippen molar-refractivity contribution in [1.29, 1.82) is 0 Å². The maximum atomic E-state index is 10.9. The molecule has 1 rings (SSSR count). The lowest BCUT2D eigenvalue weighted by Crippen LogP contribution is -2.39. The predicted octanol–water partition coefficient (Wildman–Crippen LogP) is 3.42. The van der Waals surface area contributed by atoms with E-state index in [1.807, 2.05) is 12.1 Å². The Morgan fingerprint density at radius 1 is 1.32 bits per heavy atom. The number of carbonyl (C=O) groups is 1. The molecule has 2 atom stereocenters. The second-order valence-corrected chi connectivity index (χ2v) is 5.92. The second-order valence-electron chi connectivity index (χ2n) is 5.01. The van der Waals surface area contributed by atoms with Crippen LogP contribution in [0.4, 0.5) is 0 Å². The van der Waals surface area contributed by atoms with Crippen LogP contribution in [0.2, 0.25) is 0 Å². The van der Waals surface area contributed by atoms with Crippen LogP contribution in [-0.4, -0.2) is 35.1 Å². The molecule has 1 aromatic rings. The fourth-order valence-electron chi connectivity index (χ4n) is 2.14. The van der Waals surface area contributed by atoms with Crippen LogP contribution >= 0.6 is 15.9 Å². The number of likely N-dealkylation sites (N-methyl/N-ethyl adjacent to an activating group) is 1. The van der Waals surface area contributed by atoms with Crippen LogP contribution in [0.1, 0.15) is 26.3 Å². The zero-order chi connectivity index (χ0) is 14.4. The molecule has 0 aromatic heterocycles. The summed E-state index contributed by atoms with van der Waals surface area (Å²) in [6.45, 7) is 7.46. The van der Waals surface area contributed by atoms with Gasteiger partial charge in [0.15, 0.2) is 0 Å². The first-order valence-electron chi connectivity index (χ1n) is 6.65. The Balaban J connectivity index is 2.60. The Morgan fingerprint density at radius 3 is 2.37 bits per heavy atom. The van der Waals surface area contributed by atoms with E-state index in [1.165, 1.54) is 5.56 Å². The highest BCUT2D eigenvalue weighted by Crippen LogP contribution is 2.14. The number of hydrogen-bond donors (Lipinski definition) is 1. The molecule has 19 heavy (non-hydrogen) atoms. The molecule has 0 aliphatic heterocycles. The Bertz CT molecular complexity index is 405. The van der Waals surface area contributed by atoms with Gasteiger partial charge in [-0.25, -0.2) is 0 Å². The molecule has 2 unspecified atom stereocenters. The Morgan fingerprint density at radius 2 is 1.89 bits per heavy atom. The van der Waals surface area contributed by atoms with E-state index in [0.29, 0.717) is 12.6 Å². The molecule has 0 bridgehead atoms. The van der Waals surface area contributed by atoms with E-state index in [4.69, 9.17) is 5.11 Å². The lowest BCUT2D eigenvalue weighted by molar-refractivity contribution is -0.141. The number of carboxylic acids is 1. The number of benzene rings is 1. The van der Waals surface area contributed by atoms with E-state index in [9.17, 15) is 4.79 Å². The lowest BCUT2D eigenvalue weighted by Gasteiger charge is -2.29. The molecule has 0 aliphatic rings. The summed E-state index contributed by atoms with van der Waals surface area (Å²) in [5.41, 5.74) is 1.28. The first kappa shape index (κ1) is 16.2. The number of rotatable bonds is 7. The summed E-state index contributed by atoms with van der Waals surface area (Å²) in [7, 11) is 0. The van der Waals surface area contributed by atoms with E-state index in [2.05, 4.69) is 46.8 Å². The molecule has 1 N–H and O–H groups in total. The third-order valence-corrected chi connectivity index (χ3v) is 3.93. The van der Waals surface area contributed by atoms with Crippen molar-refractivity contribution in [2.45, 2.75) is 33.2 Å². The molecule has 3 nitrogen and oxygen atoms in total. The van der Waals surface area contributed by atoms with E-state index in [-0.39, 0.29) is 5.92 Å². The predicted molar refractivity (Wildman–Crippen MR) is 81.4 cm³/mol. The van der Waals surface area contributed by atoms with Gasteiger partial charge in [0.1, 0.15) is 0 Å². The summed E-state index contributed by atoms with van der Waals surface area (Å²) < 4.78 is 1.08. The Hall–Kier alpha value is -0.870. The van der Waals surface area contributed by atoms with E-state index in [1.54, 1.807) is 6.92 Å². The lowest BCUT2D eigenvalue weighted by atomic mass is 10.0. The van der Waals surface area contributed by atoms with Gasteiger partial charge < -0.3 is 5.11 Å². The van der Waals surface area contributed by atoms with E-state index in [0.717, 1.165) is 17.4 Å². The van der Waals surface area contributed by atoms with Gasteiger partial charge in [-0.05, 0) is 37.6 Å². The SMILES string of the molecule is CCN(CC(C)C(=O)O)C(C)Cc1ccc(Br)cc1. The van der Waals surface area contributed by atoms with Crippen LogP contribution in [0.25, 0.3) is 0 Å². The first-order valence-corrected chi connectivity index (χ1v) is 7.44. The van der Waals surface area contributed by atoms with Crippen molar-refractivity contribution < 1.29 is 9.90 Å². The normalized spacial score (nSPS) is 14.4. The number of nitrogens with zero attached hydrogens (tertiary/aromatic N) is 1. The number of hydrogen-bond acceptors (Lipinski definition) is 2. The van der Waals surface area contributed by atoms with Gasteiger partial charge >= 0.3 is 5.97 Å². The topological polar surface area (TPSA) is 40.5 Å². The summed E-state index contributed by atoms with van der Waals surface area (Å²) in [5, 5.41) is 9.00. The van der Waals surface area contributed by atoms with E-state index >= 15 is 0 Å². The molecule has 4 heteroatoms. The van der Waals surface area contributed by atoms with Crippen LogP contribution in [-0.2, 0) is 11.2 Å². The van der Waals surface area contributed by atoms with E-state index < -0.39 is 5.97 Å². The van der Waals surface area contributed by atoms with Crippen LogP contribution in [0, 0.1) is 5.92 Å². The fourth-order valence-corrected chi connectivity index (χ4v) is 2.41. The van der Waals surface area contributed by atoms with Gasteiger partial charge in [-0.2, -0.15) is 0 Å². The van der Waals surface area contributed by atoms with Crippen molar-refractivity contribution in [2.24, 2.45) is 5.92 Å². The summed E-state index contributed by atoms with van der Waals surface area (Å²) in [6, 6.07) is 8.63. The number of halogens is 1. The van der Waals surface area contributed by atoms with Crippen molar-refractivity contribution in [3.05, 3.63) is 34.3 Å². The maximum absolute atomic E-state index is 10.9. The zero-order valence-electron chi connectivity index (χ0n) is 11.8. The smallest absolute Gasteiger partial charge is 0.307 e. The van der Waals surface area contributed by atoms with Crippen molar-refractivity contribution in [3.63, 3.8) is 0 Å². The minimum Gasteiger partial charge on any atom is -0.481 e. The molecule has 0 saturated carbocycles. The van der Waals surface area contributed by atoms with Crippen LogP contribution in [0.3, 0.4) is 0 Å². The van der Waals surface area contributed by atoms with Gasteiger partial charge in [0.05, 0.1) is 5.92 Å². The standard InChI is InChI=1S/C15H22BrNO2/c1-4-17(10-11(2)15(18)19)12(3)9-13-5-7-14(16)8-6-13/h5-8,11-12H,4,9-10H2,1-3H3,(H,18,19). The summed E-state index contributed by atoms with van der Waals surface area (Å²) in [6.07, 6.45) is 0.938. The quantitative estimate of drug-likeness (QED) is 0.834. The van der Waals surface area contributed by atoms with Gasteiger partial charge in [0.25, 0.3) is 0 Å². The highest BCUT2D eigenvalue weighted by molar-refractivity contribution is 9.10. The molecule has 0 radical (unpaired) electrons. The van der Waals surface area contributed by atoms with Crippen LogP contribution in [0.5, 0.6) is 0 Å². The molecule has 1 aromatic carbocycles. The van der Waals surface area contributed by atoms with Crippen molar-refractivity contribution in [3.8, 4) is 0 Å².